The van der Waals surface area contributed by atoms with Gasteiger partial charge in [0.1, 0.15) is 11.6 Å². The van der Waals surface area contributed by atoms with Crippen LogP contribution in [-0.4, -0.2) is 11.8 Å². The lowest BCUT2D eigenvalue weighted by Gasteiger charge is -2.13. The summed E-state index contributed by atoms with van der Waals surface area (Å²) < 4.78 is 38.9. The number of nitrogens with one attached hydrogen (secondary N) is 2. The summed E-state index contributed by atoms with van der Waals surface area (Å²) in [6.07, 6.45) is -3.88. The van der Waals surface area contributed by atoms with Gasteiger partial charge in [0.2, 0.25) is 0 Å². The molecule has 0 atom stereocenters. The Morgan fingerprint density at radius 2 is 1.70 bits per heavy atom. The predicted octanol–water partition coefficient (Wildman–Crippen LogP) is 3.06. The molecule has 2 amide bonds. The van der Waals surface area contributed by atoms with Crippen molar-refractivity contribution in [3.8, 4) is 6.07 Å². The molecule has 27 heavy (non-hydrogen) atoms. The quantitative estimate of drug-likeness (QED) is 0.434. The number of rotatable bonds is 4. The molecule has 0 unspecified atom stereocenters. The summed E-state index contributed by atoms with van der Waals surface area (Å²) in [5, 5.41) is 13.3. The Morgan fingerprint density at radius 1 is 1.07 bits per heavy atom. The number of carbonyl (C=O) groups is 2. The van der Waals surface area contributed by atoms with Crippen molar-refractivity contribution in [1.29, 1.82) is 5.26 Å². The summed E-state index contributed by atoms with van der Waals surface area (Å²) in [6.45, 7) is 0. The molecule has 2 rings (SSSR count). The molecule has 138 valence electrons. The number of nitrogens with two attached hydrogens (primary N) is 1. The van der Waals surface area contributed by atoms with Crippen LogP contribution in [0, 0.1) is 11.3 Å². The number of alkyl halides is 3. The second-order valence-electron chi connectivity index (χ2n) is 5.23. The minimum Gasteiger partial charge on any atom is -0.398 e. The van der Waals surface area contributed by atoms with Crippen LogP contribution < -0.4 is 16.4 Å². The Balaban J connectivity index is 2.18. The molecule has 0 aromatic heterocycles. The molecule has 0 saturated carbocycles. The number of amides is 2. The van der Waals surface area contributed by atoms with Crippen molar-refractivity contribution in [2.24, 2.45) is 0 Å². The monoisotopic (exact) mass is 374 g/mol. The van der Waals surface area contributed by atoms with E-state index in [1.54, 1.807) is 12.1 Å². The third-order valence-corrected chi connectivity index (χ3v) is 3.40. The molecule has 2 aromatic rings. The van der Waals surface area contributed by atoms with Gasteiger partial charge in [0.25, 0.3) is 11.8 Å². The van der Waals surface area contributed by atoms with Crippen molar-refractivity contribution < 1.29 is 22.8 Å². The molecule has 0 heterocycles. The van der Waals surface area contributed by atoms with E-state index in [1.807, 2.05) is 5.32 Å². The average molecular weight is 374 g/mol. The predicted molar refractivity (Wildman–Crippen MR) is 92.1 cm³/mol. The highest BCUT2D eigenvalue weighted by molar-refractivity contribution is 6.07. The summed E-state index contributed by atoms with van der Waals surface area (Å²) in [5.74, 6) is -1.78. The van der Waals surface area contributed by atoms with Gasteiger partial charge in [0, 0.05) is 11.9 Å². The van der Waals surface area contributed by atoms with Gasteiger partial charge in [-0.25, -0.2) is 0 Å². The van der Waals surface area contributed by atoms with Gasteiger partial charge < -0.3 is 16.4 Å². The Hall–Kier alpha value is -3.80. The highest BCUT2D eigenvalue weighted by atomic mass is 19.4. The first-order valence-corrected chi connectivity index (χ1v) is 7.47. The minimum atomic E-state index is -4.68. The van der Waals surface area contributed by atoms with Crippen molar-refractivity contribution in [3.63, 3.8) is 0 Å². The van der Waals surface area contributed by atoms with Crippen molar-refractivity contribution in [1.82, 2.24) is 5.32 Å². The SMILES string of the molecule is N#C/C(=C/NC(=O)c1ccccc1N)C(=O)Nc1ccccc1C(F)(F)F. The zero-order valence-corrected chi connectivity index (χ0v) is 13.7. The number of benzene rings is 2. The van der Waals surface area contributed by atoms with Crippen LogP contribution in [0.5, 0.6) is 0 Å². The second kappa shape index (κ2) is 8.05. The summed E-state index contributed by atoms with van der Waals surface area (Å²) in [5.41, 5.74) is 3.80. The van der Waals surface area contributed by atoms with E-state index in [2.05, 4.69) is 5.32 Å². The topological polar surface area (TPSA) is 108 Å². The normalized spacial score (nSPS) is 11.4. The summed E-state index contributed by atoms with van der Waals surface area (Å²) >= 11 is 0. The fourth-order valence-electron chi connectivity index (χ4n) is 2.10. The van der Waals surface area contributed by atoms with Crippen LogP contribution in [0.1, 0.15) is 15.9 Å². The van der Waals surface area contributed by atoms with Gasteiger partial charge in [-0.05, 0) is 24.3 Å². The molecule has 2 aromatic carbocycles. The summed E-state index contributed by atoms with van der Waals surface area (Å²) in [7, 11) is 0. The average Bonchev–Trinajstić information content (AvgIpc) is 2.62. The Labute approximate surface area is 152 Å². The van der Waals surface area contributed by atoms with Crippen LogP contribution in [-0.2, 0) is 11.0 Å². The van der Waals surface area contributed by atoms with Gasteiger partial charge in [0.05, 0.1) is 16.8 Å². The van der Waals surface area contributed by atoms with Gasteiger partial charge in [-0.3, -0.25) is 9.59 Å². The Morgan fingerprint density at radius 3 is 2.33 bits per heavy atom. The van der Waals surface area contributed by atoms with Gasteiger partial charge in [-0.15, -0.1) is 0 Å². The molecular formula is C18H13F3N4O2. The number of hydrogen-bond acceptors (Lipinski definition) is 4. The Bertz CT molecular complexity index is 946. The van der Waals surface area contributed by atoms with Crippen LogP contribution in [0.4, 0.5) is 24.5 Å². The van der Waals surface area contributed by atoms with E-state index < -0.39 is 34.8 Å². The van der Waals surface area contributed by atoms with Crippen LogP contribution in [0.25, 0.3) is 0 Å². The molecule has 9 heteroatoms. The highest BCUT2D eigenvalue weighted by Gasteiger charge is 2.33. The zero-order valence-electron chi connectivity index (χ0n) is 13.7. The van der Waals surface area contributed by atoms with E-state index in [0.29, 0.717) is 0 Å². The van der Waals surface area contributed by atoms with E-state index in [0.717, 1.165) is 18.3 Å². The lowest BCUT2D eigenvalue weighted by atomic mass is 10.1. The van der Waals surface area contributed by atoms with Crippen LogP contribution in [0.2, 0.25) is 0 Å². The Kier molecular flexibility index (Phi) is 5.82. The third-order valence-electron chi connectivity index (χ3n) is 3.40. The maximum atomic E-state index is 13.0. The molecule has 4 N–H and O–H groups in total. The number of nitrogens with zero attached hydrogens (tertiary/aromatic N) is 1. The van der Waals surface area contributed by atoms with Gasteiger partial charge in [-0.1, -0.05) is 24.3 Å². The molecule has 0 saturated heterocycles. The van der Waals surface area contributed by atoms with Gasteiger partial charge in [-0.2, -0.15) is 18.4 Å². The first kappa shape index (κ1) is 19.5. The number of carbonyl (C=O) groups excluding carboxylic acids is 2. The smallest absolute Gasteiger partial charge is 0.398 e. The fourth-order valence-corrected chi connectivity index (χ4v) is 2.10. The number of nitriles is 1. The maximum Gasteiger partial charge on any atom is 0.418 e. The summed E-state index contributed by atoms with van der Waals surface area (Å²) in [4.78, 5) is 24.1. The molecule has 6 nitrogen and oxygen atoms in total. The number of nitrogen functional groups attached to an aromatic ring is 1. The molecular weight excluding hydrogens is 361 g/mol. The lowest BCUT2D eigenvalue weighted by Crippen LogP contribution is -2.23. The fraction of sp³-hybridized carbons (Fsp3) is 0.0556. The van der Waals surface area contributed by atoms with E-state index in [9.17, 15) is 22.8 Å². The van der Waals surface area contributed by atoms with Crippen LogP contribution >= 0.6 is 0 Å². The van der Waals surface area contributed by atoms with Gasteiger partial charge in [0.15, 0.2) is 0 Å². The van der Waals surface area contributed by atoms with Crippen molar-refractivity contribution in [2.45, 2.75) is 6.18 Å². The van der Waals surface area contributed by atoms with E-state index in [4.69, 9.17) is 11.0 Å². The molecule has 0 fully saturated rings. The molecule has 0 aliphatic rings. The largest absolute Gasteiger partial charge is 0.418 e. The minimum absolute atomic E-state index is 0.119. The molecule has 0 aliphatic heterocycles. The van der Waals surface area contributed by atoms with Crippen LogP contribution in [0.15, 0.2) is 60.3 Å². The number of anilines is 2. The lowest BCUT2D eigenvalue weighted by molar-refractivity contribution is -0.137. The maximum absolute atomic E-state index is 13.0. The highest BCUT2D eigenvalue weighted by Crippen LogP contribution is 2.34. The summed E-state index contributed by atoms with van der Waals surface area (Å²) in [6, 6.07) is 12.0. The number of halogens is 3. The van der Waals surface area contributed by atoms with Crippen LogP contribution in [0.3, 0.4) is 0 Å². The molecule has 0 bridgehead atoms. The molecule has 0 radical (unpaired) electrons. The first-order valence-electron chi connectivity index (χ1n) is 7.47. The molecule has 0 aliphatic carbocycles. The van der Waals surface area contributed by atoms with Crippen molar-refractivity contribution in [3.05, 3.63) is 71.4 Å². The van der Waals surface area contributed by atoms with Crippen molar-refractivity contribution in [2.75, 3.05) is 11.1 Å². The zero-order chi connectivity index (χ0) is 20.0. The van der Waals surface area contributed by atoms with E-state index in [1.165, 1.54) is 30.3 Å². The van der Waals surface area contributed by atoms with E-state index in [-0.39, 0.29) is 11.3 Å². The number of para-hydroxylation sites is 2. The number of hydrogen-bond donors (Lipinski definition) is 3. The molecule has 0 spiro atoms. The first-order chi connectivity index (χ1) is 12.7. The van der Waals surface area contributed by atoms with E-state index >= 15 is 0 Å². The van der Waals surface area contributed by atoms with Crippen molar-refractivity contribution >= 4 is 23.2 Å². The third kappa shape index (κ3) is 4.85. The second-order valence-corrected chi connectivity index (χ2v) is 5.23. The standard InChI is InChI=1S/C18H13F3N4O2/c19-18(20,21)13-6-2-4-8-15(13)25-16(26)11(9-22)10-24-17(27)12-5-1-3-7-14(12)23/h1-8,10H,23H2,(H,24,27)(H,25,26)/b11-10-. The van der Waals surface area contributed by atoms with Gasteiger partial charge >= 0.3 is 6.18 Å².